The van der Waals surface area contributed by atoms with E-state index in [0.29, 0.717) is 6.42 Å². The first-order valence-electron chi connectivity index (χ1n) is 6.06. The third kappa shape index (κ3) is 3.07. The van der Waals surface area contributed by atoms with E-state index in [1.807, 2.05) is 42.4 Å². The van der Waals surface area contributed by atoms with E-state index < -0.39 is 11.9 Å². The second-order valence-electron chi connectivity index (χ2n) is 4.28. The van der Waals surface area contributed by atoms with E-state index in [1.54, 1.807) is 0 Å². The summed E-state index contributed by atoms with van der Waals surface area (Å²) in [5, 5.41) is 7.95. The summed E-state index contributed by atoms with van der Waals surface area (Å²) in [5.74, 6) is 0. The summed E-state index contributed by atoms with van der Waals surface area (Å²) in [6, 6.07) is 8.95. The molecule has 0 aliphatic heterocycles. The van der Waals surface area contributed by atoms with E-state index in [-0.39, 0.29) is 16.9 Å². The molecule has 7 heteroatoms. The number of aromatic amines is 1. The zero-order chi connectivity index (χ0) is 14.8. The van der Waals surface area contributed by atoms with Gasteiger partial charge in [-0.05, 0) is 12.0 Å². The van der Waals surface area contributed by atoms with Crippen molar-refractivity contribution in [2.24, 2.45) is 0 Å². The molecule has 2 rings (SSSR count). The van der Waals surface area contributed by atoms with Gasteiger partial charge in [0.25, 0.3) is 0 Å². The Labute approximate surface area is 119 Å². The molecule has 0 aliphatic rings. The van der Waals surface area contributed by atoms with Crippen LogP contribution in [0.5, 0.6) is 0 Å². The van der Waals surface area contributed by atoms with E-state index in [9.17, 15) is 13.2 Å². The van der Waals surface area contributed by atoms with Gasteiger partial charge in [0, 0.05) is 0 Å². The van der Waals surface area contributed by atoms with Gasteiger partial charge >= 0.3 is 6.18 Å². The lowest BCUT2D eigenvalue weighted by molar-refractivity contribution is -0.140. The predicted molar refractivity (Wildman–Crippen MR) is 71.7 cm³/mol. The van der Waals surface area contributed by atoms with Crippen LogP contribution in [-0.4, -0.2) is 10.2 Å². The normalized spacial score (nSPS) is 13.2. The Morgan fingerprint density at radius 3 is 2.50 bits per heavy atom. The van der Waals surface area contributed by atoms with Crippen LogP contribution in [0.1, 0.15) is 30.6 Å². The van der Waals surface area contributed by atoms with Crippen molar-refractivity contribution in [2.75, 3.05) is 5.32 Å². The molecule has 1 heterocycles. The number of H-pyrrole nitrogens is 1. The standard InChI is InChI=1S/C13H13ClF3N3/c1-2-9(8-6-4-3-5-7-8)18-10-11(13(15,16)17)19-20-12(10)14/h3-7,9,18H,2H2,1H3,(H,19,20). The quantitative estimate of drug-likeness (QED) is 0.863. The molecular weight excluding hydrogens is 291 g/mol. The van der Waals surface area contributed by atoms with Crippen LogP contribution in [0.25, 0.3) is 0 Å². The minimum absolute atomic E-state index is 0.213. The van der Waals surface area contributed by atoms with Crippen molar-refractivity contribution < 1.29 is 13.2 Å². The predicted octanol–water partition coefficient (Wildman–Crippen LogP) is 4.65. The van der Waals surface area contributed by atoms with E-state index in [2.05, 4.69) is 10.4 Å². The highest BCUT2D eigenvalue weighted by molar-refractivity contribution is 6.32. The van der Waals surface area contributed by atoms with Crippen molar-refractivity contribution in [2.45, 2.75) is 25.6 Å². The first kappa shape index (κ1) is 14.7. The largest absolute Gasteiger partial charge is 0.434 e. The van der Waals surface area contributed by atoms with Gasteiger partial charge < -0.3 is 5.32 Å². The number of halogens is 4. The number of nitrogens with zero attached hydrogens (tertiary/aromatic N) is 1. The Morgan fingerprint density at radius 2 is 1.95 bits per heavy atom. The highest BCUT2D eigenvalue weighted by Crippen LogP contribution is 2.38. The molecule has 0 radical (unpaired) electrons. The van der Waals surface area contributed by atoms with Gasteiger partial charge in [-0.25, -0.2) is 0 Å². The molecule has 0 aliphatic carbocycles. The maximum Gasteiger partial charge on any atom is 0.434 e. The summed E-state index contributed by atoms with van der Waals surface area (Å²) >= 11 is 5.73. The molecule has 1 atom stereocenters. The van der Waals surface area contributed by atoms with E-state index >= 15 is 0 Å². The van der Waals surface area contributed by atoms with Crippen molar-refractivity contribution in [3.05, 3.63) is 46.7 Å². The summed E-state index contributed by atoms with van der Waals surface area (Å²) in [7, 11) is 0. The number of benzene rings is 1. The molecule has 3 nitrogen and oxygen atoms in total. The van der Waals surface area contributed by atoms with Gasteiger partial charge in [-0.1, -0.05) is 48.9 Å². The van der Waals surface area contributed by atoms with Gasteiger partial charge in [-0.3, -0.25) is 5.10 Å². The van der Waals surface area contributed by atoms with Crippen molar-refractivity contribution in [1.29, 1.82) is 0 Å². The number of hydrogen-bond acceptors (Lipinski definition) is 2. The van der Waals surface area contributed by atoms with E-state index in [4.69, 9.17) is 11.6 Å². The second kappa shape index (κ2) is 5.75. The van der Waals surface area contributed by atoms with Crippen LogP contribution < -0.4 is 5.32 Å². The molecule has 0 fully saturated rings. The monoisotopic (exact) mass is 303 g/mol. The average Bonchev–Trinajstić information content (AvgIpc) is 2.78. The van der Waals surface area contributed by atoms with Gasteiger partial charge in [0.2, 0.25) is 0 Å². The van der Waals surface area contributed by atoms with Crippen molar-refractivity contribution in [3.63, 3.8) is 0 Å². The molecule has 1 unspecified atom stereocenters. The van der Waals surface area contributed by atoms with Gasteiger partial charge in [-0.2, -0.15) is 18.3 Å². The van der Waals surface area contributed by atoms with Gasteiger partial charge in [-0.15, -0.1) is 0 Å². The van der Waals surface area contributed by atoms with Crippen LogP contribution in [0.4, 0.5) is 18.9 Å². The maximum atomic E-state index is 12.8. The Balaban J connectivity index is 2.31. The SMILES string of the molecule is CCC(Nc1c(Cl)n[nH]c1C(F)(F)F)c1ccccc1. The number of hydrogen-bond donors (Lipinski definition) is 2. The molecule has 2 N–H and O–H groups in total. The Kier molecular flexibility index (Phi) is 4.23. The fourth-order valence-electron chi connectivity index (χ4n) is 1.94. The highest BCUT2D eigenvalue weighted by atomic mass is 35.5. The summed E-state index contributed by atoms with van der Waals surface area (Å²) in [6.45, 7) is 1.88. The number of aromatic nitrogens is 2. The van der Waals surface area contributed by atoms with Crippen LogP contribution in [0.15, 0.2) is 30.3 Å². The zero-order valence-electron chi connectivity index (χ0n) is 10.6. The molecule has 2 aromatic rings. The van der Waals surface area contributed by atoms with E-state index in [0.717, 1.165) is 5.56 Å². The molecule has 0 saturated carbocycles. The molecule has 0 spiro atoms. The topological polar surface area (TPSA) is 40.7 Å². The van der Waals surface area contributed by atoms with Gasteiger partial charge in [0.1, 0.15) is 5.69 Å². The summed E-state index contributed by atoms with van der Waals surface area (Å²) in [4.78, 5) is 0. The van der Waals surface area contributed by atoms with Crippen LogP contribution >= 0.6 is 11.6 Å². The molecule has 1 aromatic heterocycles. The summed E-state index contributed by atoms with van der Waals surface area (Å²) in [6.07, 6.45) is -3.92. The van der Waals surface area contributed by atoms with Crippen LogP contribution in [0, 0.1) is 0 Å². The van der Waals surface area contributed by atoms with Crippen molar-refractivity contribution in [3.8, 4) is 0 Å². The Hall–Kier alpha value is -1.69. The lowest BCUT2D eigenvalue weighted by Crippen LogP contribution is -2.14. The lowest BCUT2D eigenvalue weighted by atomic mass is 10.0. The fourth-order valence-corrected chi connectivity index (χ4v) is 2.13. The number of alkyl halides is 3. The van der Waals surface area contributed by atoms with Gasteiger partial charge in [0.05, 0.1) is 6.04 Å². The molecular formula is C13H13ClF3N3. The Morgan fingerprint density at radius 1 is 1.30 bits per heavy atom. The second-order valence-corrected chi connectivity index (χ2v) is 4.64. The average molecular weight is 304 g/mol. The fraction of sp³-hybridized carbons (Fsp3) is 0.308. The van der Waals surface area contributed by atoms with Crippen molar-refractivity contribution >= 4 is 17.3 Å². The van der Waals surface area contributed by atoms with E-state index in [1.165, 1.54) is 0 Å². The first-order valence-corrected chi connectivity index (χ1v) is 6.43. The summed E-state index contributed by atoms with van der Waals surface area (Å²) in [5.41, 5.74) is -0.285. The smallest absolute Gasteiger partial charge is 0.374 e. The molecule has 0 bridgehead atoms. The number of nitrogens with one attached hydrogen (secondary N) is 2. The van der Waals surface area contributed by atoms with Crippen LogP contribution in [0.2, 0.25) is 5.15 Å². The first-order chi connectivity index (χ1) is 9.43. The zero-order valence-corrected chi connectivity index (χ0v) is 11.4. The molecule has 20 heavy (non-hydrogen) atoms. The van der Waals surface area contributed by atoms with Crippen molar-refractivity contribution in [1.82, 2.24) is 10.2 Å². The minimum Gasteiger partial charge on any atom is -0.374 e. The minimum atomic E-state index is -4.53. The lowest BCUT2D eigenvalue weighted by Gasteiger charge is -2.19. The Bertz CT molecular complexity index is 566. The summed E-state index contributed by atoms with van der Waals surface area (Å²) < 4.78 is 38.5. The molecule has 0 amide bonds. The molecule has 1 aromatic carbocycles. The highest BCUT2D eigenvalue weighted by Gasteiger charge is 2.37. The molecule has 0 saturated heterocycles. The number of rotatable bonds is 4. The third-order valence-electron chi connectivity index (χ3n) is 2.93. The third-order valence-corrected chi connectivity index (χ3v) is 3.21. The number of anilines is 1. The van der Waals surface area contributed by atoms with Crippen LogP contribution in [0.3, 0.4) is 0 Å². The van der Waals surface area contributed by atoms with Crippen LogP contribution in [-0.2, 0) is 6.18 Å². The molecule has 108 valence electrons. The van der Waals surface area contributed by atoms with Gasteiger partial charge in [0.15, 0.2) is 10.8 Å². The maximum absolute atomic E-state index is 12.8.